The van der Waals surface area contributed by atoms with Crippen LogP contribution in [-0.4, -0.2) is 42.6 Å². The maximum Gasteiger partial charge on any atom is 0.255 e. The molecule has 6 heteroatoms. The van der Waals surface area contributed by atoms with Crippen LogP contribution in [0.1, 0.15) is 54.7 Å². The third-order valence-corrected chi connectivity index (χ3v) is 4.97. The average molecular weight is 411 g/mol. The van der Waals surface area contributed by atoms with Gasteiger partial charge in [0.15, 0.2) is 0 Å². The van der Waals surface area contributed by atoms with Gasteiger partial charge >= 0.3 is 0 Å². The summed E-state index contributed by atoms with van der Waals surface area (Å²) in [6.45, 7) is 7.96. The normalized spacial score (nSPS) is 15.4. The molecule has 6 nitrogen and oxygen atoms in total. The lowest BCUT2D eigenvalue weighted by molar-refractivity contribution is -0.125. The van der Waals surface area contributed by atoms with E-state index >= 15 is 0 Å². The highest BCUT2D eigenvalue weighted by molar-refractivity contribution is 6.04. The monoisotopic (exact) mass is 410 g/mol. The number of carbonyl (C=O) groups excluding carboxylic acids is 2. The van der Waals surface area contributed by atoms with Gasteiger partial charge < -0.3 is 19.7 Å². The third-order valence-electron chi connectivity index (χ3n) is 4.97. The second-order valence-corrected chi connectivity index (χ2v) is 7.56. The molecule has 2 aromatic rings. The summed E-state index contributed by atoms with van der Waals surface area (Å²) in [4.78, 5) is 27.7. The first-order chi connectivity index (χ1) is 14.5. The van der Waals surface area contributed by atoms with Gasteiger partial charge in [-0.15, -0.1) is 0 Å². The Balaban J connectivity index is 1.72. The van der Waals surface area contributed by atoms with Crippen molar-refractivity contribution in [1.82, 2.24) is 10.2 Å². The number of ether oxygens (including phenoxy) is 2. The largest absolute Gasteiger partial charge is 0.494 e. The Bertz CT molecular complexity index is 864. The summed E-state index contributed by atoms with van der Waals surface area (Å²) in [7, 11) is 0. The molecular formula is C24H30N2O4. The van der Waals surface area contributed by atoms with Gasteiger partial charge in [0, 0.05) is 25.3 Å². The van der Waals surface area contributed by atoms with Crippen molar-refractivity contribution in [3.8, 4) is 5.75 Å². The van der Waals surface area contributed by atoms with Crippen molar-refractivity contribution >= 4 is 11.8 Å². The minimum Gasteiger partial charge on any atom is -0.494 e. The summed E-state index contributed by atoms with van der Waals surface area (Å²) in [5.74, 6) is 0.502. The summed E-state index contributed by atoms with van der Waals surface area (Å²) < 4.78 is 11.0. The van der Waals surface area contributed by atoms with E-state index in [0.29, 0.717) is 31.9 Å². The number of fused-ring (bicyclic) bond motifs is 1. The second kappa shape index (κ2) is 10.3. The first kappa shape index (κ1) is 21.8. The Hall–Kier alpha value is -2.86. The second-order valence-electron chi connectivity index (χ2n) is 7.56. The summed E-state index contributed by atoms with van der Waals surface area (Å²) in [5, 5.41) is 2.97. The van der Waals surface area contributed by atoms with E-state index in [1.54, 1.807) is 11.0 Å². The number of hydrogen-bond acceptors (Lipinski definition) is 4. The Morgan fingerprint density at radius 3 is 2.57 bits per heavy atom. The lowest BCUT2D eigenvalue weighted by Crippen LogP contribution is -2.39. The zero-order valence-electron chi connectivity index (χ0n) is 17.9. The summed E-state index contributed by atoms with van der Waals surface area (Å²) in [5.41, 5.74) is 2.29. The quantitative estimate of drug-likeness (QED) is 0.606. The minimum absolute atomic E-state index is 0.122. The van der Waals surface area contributed by atoms with Crippen molar-refractivity contribution < 1.29 is 19.1 Å². The predicted octanol–water partition coefficient (Wildman–Crippen LogP) is 3.71. The summed E-state index contributed by atoms with van der Waals surface area (Å²) in [6.07, 6.45) is 0.898. The van der Waals surface area contributed by atoms with Crippen LogP contribution in [0.2, 0.25) is 0 Å². The molecule has 0 fully saturated rings. The fraction of sp³-hybridized carbons (Fsp3) is 0.417. The van der Waals surface area contributed by atoms with Gasteiger partial charge in [-0.1, -0.05) is 30.3 Å². The number of nitrogens with one attached hydrogen (secondary N) is 1. The average Bonchev–Trinajstić information content (AvgIpc) is 3.01. The van der Waals surface area contributed by atoms with Crippen molar-refractivity contribution in [2.75, 3.05) is 19.8 Å². The van der Waals surface area contributed by atoms with Crippen molar-refractivity contribution in [3.63, 3.8) is 0 Å². The van der Waals surface area contributed by atoms with E-state index < -0.39 is 6.04 Å². The van der Waals surface area contributed by atoms with Crippen LogP contribution < -0.4 is 10.1 Å². The molecule has 0 bridgehead atoms. The van der Waals surface area contributed by atoms with Gasteiger partial charge in [-0.25, -0.2) is 0 Å². The minimum atomic E-state index is -0.633. The van der Waals surface area contributed by atoms with Crippen molar-refractivity contribution in [2.45, 2.75) is 45.9 Å². The van der Waals surface area contributed by atoms with Crippen LogP contribution in [0.3, 0.4) is 0 Å². The molecular weight excluding hydrogens is 380 g/mol. The Morgan fingerprint density at radius 1 is 1.13 bits per heavy atom. The zero-order valence-corrected chi connectivity index (χ0v) is 17.9. The maximum atomic E-state index is 13.0. The Labute approximate surface area is 178 Å². The fourth-order valence-corrected chi connectivity index (χ4v) is 3.57. The van der Waals surface area contributed by atoms with Crippen LogP contribution in [0.4, 0.5) is 0 Å². The number of benzene rings is 2. The van der Waals surface area contributed by atoms with Gasteiger partial charge in [-0.2, -0.15) is 0 Å². The smallest absolute Gasteiger partial charge is 0.255 e. The maximum absolute atomic E-state index is 13.0. The van der Waals surface area contributed by atoms with Gasteiger partial charge in [-0.05, 0) is 56.5 Å². The molecule has 0 saturated heterocycles. The first-order valence-electron chi connectivity index (χ1n) is 10.5. The number of hydrogen-bond donors (Lipinski definition) is 1. The molecule has 1 unspecified atom stereocenters. The highest BCUT2D eigenvalue weighted by Gasteiger charge is 2.40. The van der Waals surface area contributed by atoms with Crippen molar-refractivity contribution in [1.29, 1.82) is 0 Å². The lowest BCUT2D eigenvalue weighted by atomic mass is 10.0. The van der Waals surface area contributed by atoms with E-state index in [-0.39, 0.29) is 17.9 Å². The van der Waals surface area contributed by atoms with Crippen LogP contribution in [0.15, 0.2) is 48.5 Å². The van der Waals surface area contributed by atoms with Crippen molar-refractivity contribution in [3.05, 3.63) is 65.2 Å². The van der Waals surface area contributed by atoms with Crippen LogP contribution in [0.5, 0.6) is 5.75 Å². The molecule has 3 rings (SSSR count). The van der Waals surface area contributed by atoms with E-state index in [1.165, 1.54) is 0 Å². The highest BCUT2D eigenvalue weighted by atomic mass is 16.5. The number of carbonyl (C=O) groups is 2. The van der Waals surface area contributed by atoms with Crippen LogP contribution in [-0.2, 0) is 16.1 Å². The van der Waals surface area contributed by atoms with E-state index in [9.17, 15) is 9.59 Å². The van der Waals surface area contributed by atoms with Crippen molar-refractivity contribution in [2.24, 2.45) is 0 Å². The molecule has 1 aliphatic rings. The molecule has 0 spiro atoms. The standard InChI is InChI=1S/C24H30N2O4/c1-4-29-19-12-10-18(11-13-19)16-26-22(20-8-5-6-9-21(20)24(26)28)23(27)25-14-7-15-30-17(2)3/h5-6,8-13,17,22H,4,7,14-16H2,1-3H3,(H,25,27). The van der Waals surface area contributed by atoms with E-state index in [0.717, 1.165) is 23.3 Å². The molecule has 2 amide bonds. The molecule has 1 heterocycles. The number of rotatable bonds is 10. The Morgan fingerprint density at radius 2 is 1.87 bits per heavy atom. The van der Waals surface area contributed by atoms with E-state index in [1.807, 2.05) is 63.2 Å². The molecule has 1 aliphatic heterocycles. The molecule has 1 N–H and O–H groups in total. The van der Waals surface area contributed by atoms with Crippen LogP contribution >= 0.6 is 0 Å². The SMILES string of the molecule is CCOc1ccc(CN2C(=O)c3ccccc3C2C(=O)NCCCOC(C)C)cc1. The number of nitrogens with zero attached hydrogens (tertiary/aromatic N) is 1. The molecule has 0 aliphatic carbocycles. The van der Waals surface area contributed by atoms with Crippen LogP contribution in [0.25, 0.3) is 0 Å². The molecule has 2 aromatic carbocycles. The topological polar surface area (TPSA) is 67.9 Å². The van der Waals surface area contributed by atoms with E-state index in [2.05, 4.69) is 5.32 Å². The molecule has 0 radical (unpaired) electrons. The van der Waals surface area contributed by atoms with Gasteiger partial charge in [0.2, 0.25) is 5.91 Å². The summed E-state index contributed by atoms with van der Waals surface area (Å²) in [6, 6.07) is 14.3. The molecule has 30 heavy (non-hydrogen) atoms. The van der Waals surface area contributed by atoms with Gasteiger partial charge in [-0.3, -0.25) is 9.59 Å². The van der Waals surface area contributed by atoms with Gasteiger partial charge in [0.1, 0.15) is 11.8 Å². The Kier molecular flexibility index (Phi) is 7.46. The summed E-state index contributed by atoms with van der Waals surface area (Å²) >= 11 is 0. The third kappa shape index (κ3) is 5.19. The van der Waals surface area contributed by atoms with Crippen LogP contribution in [0, 0.1) is 0 Å². The molecule has 1 atom stereocenters. The predicted molar refractivity (Wildman–Crippen MR) is 115 cm³/mol. The number of amides is 2. The fourth-order valence-electron chi connectivity index (χ4n) is 3.57. The highest BCUT2D eigenvalue weighted by Crippen LogP contribution is 2.35. The zero-order chi connectivity index (χ0) is 21.5. The van der Waals surface area contributed by atoms with E-state index in [4.69, 9.17) is 9.47 Å². The molecule has 160 valence electrons. The van der Waals surface area contributed by atoms with Gasteiger partial charge in [0.05, 0.1) is 12.7 Å². The lowest BCUT2D eigenvalue weighted by Gasteiger charge is -2.25. The van der Waals surface area contributed by atoms with Gasteiger partial charge in [0.25, 0.3) is 5.91 Å². The molecule has 0 aromatic heterocycles. The first-order valence-corrected chi connectivity index (χ1v) is 10.5. The molecule has 0 saturated carbocycles.